The summed E-state index contributed by atoms with van der Waals surface area (Å²) in [5.41, 5.74) is 4.20. The van der Waals surface area contributed by atoms with E-state index >= 15 is 0 Å². The maximum Gasteiger partial charge on any atom is 0.246 e. The lowest BCUT2D eigenvalue weighted by Crippen LogP contribution is -2.40. The first kappa shape index (κ1) is 33.3. The van der Waals surface area contributed by atoms with Gasteiger partial charge in [0.15, 0.2) is 0 Å². The zero-order chi connectivity index (χ0) is 32.5. The number of likely N-dealkylation sites (N-methyl/N-ethyl adjacent to an activating group) is 1. The molecule has 2 aromatic carbocycles. The van der Waals surface area contributed by atoms with Crippen molar-refractivity contribution in [1.82, 2.24) is 30.3 Å². The first-order valence-corrected chi connectivity index (χ1v) is 16.6. The molecule has 2 N–H and O–H groups in total. The van der Waals surface area contributed by atoms with E-state index in [-0.39, 0.29) is 31.1 Å². The average Bonchev–Trinajstić information content (AvgIpc) is 3.53. The van der Waals surface area contributed by atoms with E-state index < -0.39 is 0 Å². The molecule has 0 bridgehead atoms. The standard InChI is InChI=1S/C37H48N6O3/c1-26(2)32-14-9-27(3)19-35(32)46-25-36(44)40-16-15-38-17-18-42(4)37(45)24-43-23-31(21-41-43)28-10-12-29(13-11-28)34-22-39-20-30-7-5-6-8-33(30)34/h5-8,10-13,20-23,26-27,32,35,38H,9,14-19,24-25H2,1-4H3,(H,40,44)/t27-,32+,35-/m1/s1. The predicted molar refractivity (Wildman–Crippen MR) is 183 cm³/mol. The second kappa shape index (κ2) is 16.0. The minimum absolute atomic E-state index is 0.0163. The van der Waals surface area contributed by atoms with Crippen molar-refractivity contribution in [1.29, 1.82) is 0 Å². The van der Waals surface area contributed by atoms with Gasteiger partial charge in [-0.3, -0.25) is 19.3 Å². The fourth-order valence-corrected chi connectivity index (χ4v) is 6.37. The molecule has 0 saturated heterocycles. The number of benzene rings is 2. The van der Waals surface area contributed by atoms with E-state index in [0.717, 1.165) is 34.1 Å². The lowest BCUT2D eigenvalue weighted by Gasteiger charge is -2.37. The second-order valence-electron chi connectivity index (χ2n) is 13.0. The van der Waals surface area contributed by atoms with Crippen LogP contribution in [0, 0.1) is 17.8 Å². The summed E-state index contributed by atoms with van der Waals surface area (Å²) in [5, 5.41) is 13.0. The number of ether oxygens (including phenoxy) is 1. The SMILES string of the molecule is CC(C)[C@@H]1CC[C@@H](C)C[C@H]1OCC(=O)NCCNCCN(C)C(=O)Cn1cc(-c2ccc(-c3cncc4ccccc34)cc2)cn1. The predicted octanol–water partition coefficient (Wildman–Crippen LogP) is 5.41. The third kappa shape index (κ3) is 8.79. The Morgan fingerprint density at radius 3 is 2.57 bits per heavy atom. The summed E-state index contributed by atoms with van der Waals surface area (Å²) < 4.78 is 7.73. The molecule has 4 aromatic rings. The van der Waals surface area contributed by atoms with Gasteiger partial charge in [0.25, 0.3) is 0 Å². The van der Waals surface area contributed by atoms with Crippen molar-refractivity contribution < 1.29 is 14.3 Å². The summed E-state index contributed by atoms with van der Waals surface area (Å²) >= 11 is 0. The Bertz CT molecular complexity index is 1580. The highest BCUT2D eigenvalue weighted by atomic mass is 16.5. The molecule has 3 atom stereocenters. The van der Waals surface area contributed by atoms with Crippen LogP contribution in [0.2, 0.25) is 0 Å². The van der Waals surface area contributed by atoms with Crippen molar-refractivity contribution in [3.8, 4) is 22.3 Å². The second-order valence-corrected chi connectivity index (χ2v) is 13.0. The van der Waals surface area contributed by atoms with Crippen molar-refractivity contribution in [3.05, 3.63) is 73.3 Å². The molecule has 2 aromatic heterocycles. The summed E-state index contributed by atoms with van der Waals surface area (Å²) in [4.78, 5) is 31.3. The summed E-state index contributed by atoms with van der Waals surface area (Å²) in [5.74, 6) is 1.65. The van der Waals surface area contributed by atoms with Crippen LogP contribution in [0.15, 0.2) is 73.3 Å². The fraction of sp³-hybridized carbons (Fsp3) is 0.459. The normalized spacial score (nSPS) is 18.2. The molecule has 0 unspecified atom stereocenters. The molecular weight excluding hydrogens is 576 g/mol. The molecule has 1 fully saturated rings. The van der Waals surface area contributed by atoms with E-state index in [9.17, 15) is 9.59 Å². The largest absolute Gasteiger partial charge is 0.368 e. The van der Waals surface area contributed by atoms with Crippen LogP contribution in [0.3, 0.4) is 0 Å². The number of amides is 2. The number of fused-ring (bicyclic) bond motifs is 1. The molecule has 1 aliphatic rings. The van der Waals surface area contributed by atoms with E-state index in [1.165, 1.54) is 18.2 Å². The van der Waals surface area contributed by atoms with Crippen LogP contribution in [-0.2, 0) is 20.9 Å². The van der Waals surface area contributed by atoms with Gasteiger partial charge >= 0.3 is 0 Å². The van der Waals surface area contributed by atoms with Crippen LogP contribution in [-0.4, -0.2) is 77.4 Å². The number of carbonyl (C=O) groups is 2. The highest BCUT2D eigenvalue weighted by molar-refractivity contribution is 5.95. The maximum atomic E-state index is 12.8. The number of rotatable bonds is 14. The zero-order valence-electron chi connectivity index (χ0n) is 27.6. The Morgan fingerprint density at radius 2 is 1.76 bits per heavy atom. The van der Waals surface area contributed by atoms with Gasteiger partial charge in [-0.05, 0) is 47.1 Å². The number of pyridine rings is 1. The van der Waals surface area contributed by atoms with Crippen molar-refractivity contribution in [2.24, 2.45) is 17.8 Å². The summed E-state index contributed by atoms with van der Waals surface area (Å²) in [6.07, 6.45) is 11.1. The topological polar surface area (TPSA) is 101 Å². The van der Waals surface area contributed by atoms with Crippen LogP contribution in [0.4, 0.5) is 0 Å². The molecule has 5 rings (SSSR count). The number of carbonyl (C=O) groups excluding carboxylic acids is 2. The molecule has 2 heterocycles. The fourth-order valence-electron chi connectivity index (χ4n) is 6.37. The van der Waals surface area contributed by atoms with E-state index in [1.807, 2.05) is 30.7 Å². The minimum Gasteiger partial charge on any atom is -0.368 e. The quantitative estimate of drug-likeness (QED) is 0.182. The molecule has 0 spiro atoms. The average molecular weight is 625 g/mol. The van der Waals surface area contributed by atoms with Crippen LogP contribution >= 0.6 is 0 Å². The Morgan fingerprint density at radius 1 is 0.978 bits per heavy atom. The van der Waals surface area contributed by atoms with Gasteiger partial charge in [-0.25, -0.2) is 0 Å². The van der Waals surface area contributed by atoms with Gasteiger partial charge in [0.1, 0.15) is 13.2 Å². The van der Waals surface area contributed by atoms with Gasteiger partial charge in [0.05, 0.1) is 12.3 Å². The minimum atomic E-state index is -0.0773. The lowest BCUT2D eigenvalue weighted by atomic mass is 9.75. The summed E-state index contributed by atoms with van der Waals surface area (Å²) in [6, 6.07) is 16.6. The molecule has 244 valence electrons. The molecule has 9 nitrogen and oxygen atoms in total. The molecule has 0 radical (unpaired) electrons. The molecule has 1 saturated carbocycles. The number of nitrogens with zero attached hydrogens (tertiary/aromatic N) is 4. The van der Waals surface area contributed by atoms with Crippen molar-refractivity contribution >= 4 is 22.6 Å². The Hall–Kier alpha value is -4.08. The van der Waals surface area contributed by atoms with Crippen molar-refractivity contribution in [3.63, 3.8) is 0 Å². The van der Waals surface area contributed by atoms with Crippen molar-refractivity contribution in [2.75, 3.05) is 39.8 Å². The first-order valence-electron chi connectivity index (χ1n) is 16.6. The number of hydrogen-bond donors (Lipinski definition) is 2. The summed E-state index contributed by atoms with van der Waals surface area (Å²) in [7, 11) is 1.80. The van der Waals surface area contributed by atoms with E-state index in [1.54, 1.807) is 22.8 Å². The molecule has 0 aliphatic heterocycles. The van der Waals surface area contributed by atoms with Crippen LogP contribution < -0.4 is 10.6 Å². The van der Waals surface area contributed by atoms with Gasteiger partial charge < -0.3 is 20.3 Å². The molecule has 2 amide bonds. The number of aromatic nitrogens is 3. The maximum absolute atomic E-state index is 12.8. The van der Waals surface area contributed by atoms with Crippen LogP contribution in [0.1, 0.15) is 40.0 Å². The molecular formula is C37H48N6O3. The van der Waals surface area contributed by atoms with Crippen molar-refractivity contribution in [2.45, 2.75) is 52.7 Å². The summed E-state index contributed by atoms with van der Waals surface area (Å²) in [6.45, 7) is 9.37. The van der Waals surface area contributed by atoms with Gasteiger partial charge in [-0.15, -0.1) is 0 Å². The number of hydrogen-bond acceptors (Lipinski definition) is 6. The van der Waals surface area contributed by atoms with Gasteiger partial charge in [0.2, 0.25) is 11.8 Å². The van der Waals surface area contributed by atoms with Crippen LogP contribution in [0.25, 0.3) is 33.0 Å². The smallest absolute Gasteiger partial charge is 0.246 e. The number of nitrogens with one attached hydrogen (secondary N) is 2. The van der Waals surface area contributed by atoms with E-state index in [0.29, 0.717) is 43.9 Å². The van der Waals surface area contributed by atoms with E-state index in [2.05, 4.69) is 77.9 Å². The van der Waals surface area contributed by atoms with Crippen LogP contribution in [0.5, 0.6) is 0 Å². The zero-order valence-corrected chi connectivity index (χ0v) is 27.6. The van der Waals surface area contributed by atoms with Gasteiger partial charge in [-0.1, -0.05) is 75.7 Å². The van der Waals surface area contributed by atoms with Gasteiger partial charge in [-0.2, -0.15) is 5.10 Å². The van der Waals surface area contributed by atoms with E-state index in [4.69, 9.17) is 4.74 Å². The first-order chi connectivity index (χ1) is 22.3. The highest BCUT2D eigenvalue weighted by Gasteiger charge is 2.31. The Kier molecular flexibility index (Phi) is 11.5. The lowest BCUT2D eigenvalue weighted by molar-refractivity contribution is -0.131. The monoisotopic (exact) mass is 624 g/mol. The third-order valence-corrected chi connectivity index (χ3v) is 9.19. The van der Waals surface area contributed by atoms with Gasteiger partial charge in [0, 0.05) is 68.3 Å². The third-order valence-electron chi connectivity index (χ3n) is 9.19. The Labute approximate surface area is 272 Å². The highest BCUT2D eigenvalue weighted by Crippen LogP contribution is 2.35. The molecule has 1 aliphatic carbocycles. The Balaban J connectivity index is 0.995. The molecule has 9 heteroatoms. The molecule has 46 heavy (non-hydrogen) atoms.